The maximum Gasteiger partial charge on any atom is 0.119 e. The van der Waals surface area contributed by atoms with Gasteiger partial charge in [-0.2, -0.15) is 0 Å². The van der Waals surface area contributed by atoms with Gasteiger partial charge in [-0.15, -0.1) is 0 Å². The SMILES string of the molecule is CCOc1ccc(NC2CCCC(C)C2C)c(C)c1. The summed E-state index contributed by atoms with van der Waals surface area (Å²) in [6, 6.07) is 6.96. The molecule has 1 saturated carbocycles. The molecule has 2 nitrogen and oxygen atoms in total. The molecule has 106 valence electrons. The molecular weight excluding hydrogens is 234 g/mol. The first-order valence-electron chi connectivity index (χ1n) is 7.61. The molecule has 1 fully saturated rings. The lowest BCUT2D eigenvalue weighted by molar-refractivity contribution is 0.253. The van der Waals surface area contributed by atoms with Crippen molar-refractivity contribution in [1.29, 1.82) is 0 Å². The van der Waals surface area contributed by atoms with Crippen molar-refractivity contribution < 1.29 is 4.74 Å². The maximum atomic E-state index is 5.54. The Hall–Kier alpha value is -1.18. The van der Waals surface area contributed by atoms with Gasteiger partial charge in [0, 0.05) is 11.7 Å². The summed E-state index contributed by atoms with van der Waals surface area (Å²) in [4.78, 5) is 0. The molecule has 1 aliphatic carbocycles. The minimum absolute atomic E-state index is 0.611. The lowest BCUT2D eigenvalue weighted by atomic mass is 9.78. The van der Waals surface area contributed by atoms with E-state index in [0.717, 1.165) is 24.2 Å². The van der Waals surface area contributed by atoms with Crippen LogP contribution in [0.4, 0.5) is 5.69 Å². The second-order valence-electron chi connectivity index (χ2n) is 5.93. The van der Waals surface area contributed by atoms with E-state index in [1.54, 1.807) is 0 Å². The molecule has 0 heterocycles. The average molecular weight is 261 g/mol. The van der Waals surface area contributed by atoms with Crippen LogP contribution in [0.1, 0.15) is 45.6 Å². The van der Waals surface area contributed by atoms with E-state index in [1.165, 1.54) is 30.5 Å². The van der Waals surface area contributed by atoms with Crippen LogP contribution in [-0.4, -0.2) is 12.6 Å². The molecule has 3 unspecified atom stereocenters. The molecule has 0 radical (unpaired) electrons. The van der Waals surface area contributed by atoms with Gasteiger partial charge in [0.2, 0.25) is 0 Å². The Bertz CT molecular complexity index is 416. The van der Waals surface area contributed by atoms with Crippen LogP contribution in [-0.2, 0) is 0 Å². The Labute approximate surface area is 117 Å². The van der Waals surface area contributed by atoms with Gasteiger partial charge in [0.25, 0.3) is 0 Å². The van der Waals surface area contributed by atoms with Crippen LogP contribution in [0.25, 0.3) is 0 Å². The second-order valence-corrected chi connectivity index (χ2v) is 5.93. The Balaban J connectivity index is 2.06. The quantitative estimate of drug-likeness (QED) is 0.853. The highest BCUT2D eigenvalue weighted by atomic mass is 16.5. The first-order valence-corrected chi connectivity index (χ1v) is 7.61. The number of aryl methyl sites for hydroxylation is 1. The highest BCUT2D eigenvalue weighted by Crippen LogP contribution is 2.32. The molecular formula is C17H27NO. The van der Waals surface area contributed by atoms with Gasteiger partial charge in [-0.1, -0.05) is 26.7 Å². The molecule has 0 saturated heterocycles. The maximum absolute atomic E-state index is 5.54. The molecule has 1 aliphatic rings. The van der Waals surface area contributed by atoms with Crippen LogP contribution >= 0.6 is 0 Å². The number of hydrogen-bond donors (Lipinski definition) is 1. The van der Waals surface area contributed by atoms with Gasteiger partial charge >= 0.3 is 0 Å². The molecule has 0 bridgehead atoms. The summed E-state index contributed by atoms with van der Waals surface area (Å²) in [6.07, 6.45) is 4.01. The fraction of sp³-hybridized carbons (Fsp3) is 0.647. The van der Waals surface area contributed by atoms with Crippen LogP contribution in [0.2, 0.25) is 0 Å². The number of nitrogens with one attached hydrogen (secondary N) is 1. The zero-order valence-corrected chi connectivity index (χ0v) is 12.7. The molecule has 2 rings (SSSR count). The molecule has 0 spiro atoms. The van der Waals surface area contributed by atoms with Gasteiger partial charge in [-0.05, 0) is 55.9 Å². The van der Waals surface area contributed by atoms with E-state index in [-0.39, 0.29) is 0 Å². The van der Waals surface area contributed by atoms with Gasteiger partial charge < -0.3 is 10.1 Å². The minimum Gasteiger partial charge on any atom is -0.494 e. The van der Waals surface area contributed by atoms with Gasteiger partial charge in [-0.25, -0.2) is 0 Å². The van der Waals surface area contributed by atoms with Crippen molar-refractivity contribution in [2.45, 2.75) is 53.0 Å². The van der Waals surface area contributed by atoms with E-state index in [1.807, 2.05) is 6.92 Å². The molecule has 19 heavy (non-hydrogen) atoms. The molecule has 0 amide bonds. The van der Waals surface area contributed by atoms with Gasteiger partial charge in [-0.3, -0.25) is 0 Å². The number of anilines is 1. The predicted molar refractivity (Wildman–Crippen MR) is 81.9 cm³/mol. The van der Waals surface area contributed by atoms with Crippen LogP contribution in [0.3, 0.4) is 0 Å². The summed E-state index contributed by atoms with van der Waals surface area (Å²) in [6.45, 7) is 9.66. The van der Waals surface area contributed by atoms with Gasteiger partial charge in [0.15, 0.2) is 0 Å². The monoisotopic (exact) mass is 261 g/mol. The Morgan fingerprint density at radius 1 is 1.26 bits per heavy atom. The number of benzene rings is 1. The zero-order valence-electron chi connectivity index (χ0n) is 12.7. The van der Waals surface area contributed by atoms with Gasteiger partial charge in [0.05, 0.1) is 6.61 Å². The lowest BCUT2D eigenvalue weighted by Gasteiger charge is -2.35. The third kappa shape index (κ3) is 3.43. The van der Waals surface area contributed by atoms with E-state index < -0.39 is 0 Å². The molecule has 1 N–H and O–H groups in total. The Kier molecular flexibility index (Phi) is 4.73. The second kappa shape index (κ2) is 6.31. The summed E-state index contributed by atoms with van der Waals surface area (Å²) in [7, 11) is 0. The fourth-order valence-corrected chi connectivity index (χ4v) is 3.04. The third-order valence-electron chi connectivity index (χ3n) is 4.56. The fourth-order valence-electron chi connectivity index (χ4n) is 3.04. The molecule has 1 aromatic carbocycles. The predicted octanol–water partition coefficient (Wildman–Crippen LogP) is 4.63. The van der Waals surface area contributed by atoms with Crippen LogP contribution in [0.5, 0.6) is 5.75 Å². The summed E-state index contributed by atoms with van der Waals surface area (Å²) in [5.74, 6) is 2.55. The molecule has 2 heteroatoms. The highest BCUT2D eigenvalue weighted by Gasteiger charge is 2.27. The van der Waals surface area contributed by atoms with Crippen LogP contribution < -0.4 is 10.1 Å². The summed E-state index contributed by atoms with van der Waals surface area (Å²) in [5.41, 5.74) is 2.53. The van der Waals surface area contributed by atoms with E-state index >= 15 is 0 Å². The van der Waals surface area contributed by atoms with Crippen LogP contribution in [0, 0.1) is 18.8 Å². The van der Waals surface area contributed by atoms with Crippen molar-refractivity contribution in [3.63, 3.8) is 0 Å². The summed E-state index contributed by atoms with van der Waals surface area (Å²) < 4.78 is 5.54. The van der Waals surface area contributed by atoms with Crippen molar-refractivity contribution in [2.75, 3.05) is 11.9 Å². The van der Waals surface area contributed by atoms with Crippen molar-refractivity contribution in [2.24, 2.45) is 11.8 Å². The Morgan fingerprint density at radius 2 is 2.05 bits per heavy atom. The third-order valence-corrected chi connectivity index (χ3v) is 4.56. The first-order chi connectivity index (χ1) is 9.11. The highest BCUT2D eigenvalue weighted by molar-refractivity contribution is 5.54. The smallest absolute Gasteiger partial charge is 0.119 e. The van der Waals surface area contributed by atoms with Crippen LogP contribution in [0.15, 0.2) is 18.2 Å². The normalized spacial score (nSPS) is 27.1. The summed E-state index contributed by atoms with van der Waals surface area (Å²) in [5, 5.41) is 3.74. The molecule has 3 atom stereocenters. The van der Waals surface area contributed by atoms with Crippen molar-refractivity contribution in [3.8, 4) is 5.75 Å². The molecule has 1 aromatic rings. The zero-order chi connectivity index (χ0) is 13.8. The van der Waals surface area contributed by atoms with E-state index in [2.05, 4.69) is 44.3 Å². The van der Waals surface area contributed by atoms with Crippen molar-refractivity contribution in [1.82, 2.24) is 0 Å². The minimum atomic E-state index is 0.611. The number of hydrogen-bond acceptors (Lipinski definition) is 2. The number of rotatable bonds is 4. The van der Waals surface area contributed by atoms with Crippen molar-refractivity contribution in [3.05, 3.63) is 23.8 Å². The standard InChI is InChI=1S/C17H27NO/c1-5-19-15-9-10-16(13(3)11-15)18-17-8-6-7-12(2)14(17)4/h9-12,14,17-18H,5-8H2,1-4H3. The van der Waals surface area contributed by atoms with Crippen molar-refractivity contribution >= 4 is 5.69 Å². The topological polar surface area (TPSA) is 21.3 Å². The average Bonchev–Trinajstić information content (AvgIpc) is 2.38. The Morgan fingerprint density at radius 3 is 2.74 bits per heavy atom. The summed E-state index contributed by atoms with van der Waals surface area (Å²) >= 11 is 0. The van der Waals surface area contributed by atoms with E-state index in [4.69, 9.17) is 4.74 Å². The lowest BCUT2D eigenvalue weighted by Crippen LogP contribution is -2.35. The van der Waals surface area contributed by atoms with Gasteiger partial charge in [0.1, 0.15) is 5.75 Å². The van der Waals surface area contributed by atoms with E-state index in [0.29, 0.717) is 6.04 Å². The molecule has 0 aliphatic heterocycles. The first kappa shape index (κ1) is 14.2. The van der Waals surface area contributed by atoms with E-state index in [9.17, 15) is 0 Å². The largest absolute Gasteiger partial charge is 0.494 e. The number of ether oxygens (including phenoxy) is 1. The molecule has 0 aromatic heterocycles.